The topological polar surface area (TPSA) is 59.4 Å². The molecule has 6 nitrogen and oxygen atoms in total. The molecule has 1 aromatic carbocycles. The summed E-state index contributed by atoms with van der Waals surface area (Å²) in [5, 5.41) is 3.74. The van der Waals surface area contributed by atoms with Crippen molar-refractivity contribution in [2.24, 2.45) is 0 Å². The number of esters is 1. The predicted octanol–water partition coefficient (Wildman–Crippen LogP) is 3.55. The van der Waals surface area contributed by atoms with Crippen molar-refractivity contribution in [3.05, 3.63) is 84.2 Å². The fourth-order valence-corrected chi connectivity index (χ4v) is 4.04. The van der Waals surface area contributed by atoms with Gasteiger partial charge in [0.1, 0.15) is 12.4 Å². The maximum absolute atomic E-state index is 13.9. The van der Waals surface area contributed by atoms with Crippen molar-refractivity contribution < 1.29 is 13.9 Å². The molecule has 154 valence electrons. The largest absolute Gasteiger partial charge is 0.465 e. The number of hydrogen-bond acceptors (Lipinski definition) is 4. The van der Waals surface area contributed by atoms with Crippen LogP contribution in [0.1, 0.15) is 30.4 Å². The number of benzene rings is 1. The van der Waals surface area contributed by atoms with Gasteiger partial charge >= 0.3 is 5.97 Å². The fourth-order valence-electron chi connectivity index (χ4n) is 3.74. The number of rotatable bonds is 6. The number of nitrogens with zero attached hydrogens (tertiary/aromatic N) is 3. The molecule has 0 saturated carbocycles. The van der Waals surface area contributed by atoms with Crippen LogP contribution in [-0.4, -0.2) is 38.7 Å². The minimum atomic E-state index is -0.364. The van der Waals surface area contributed by atoms with E-state index in [4.69, 9.17) is 17.0 Å². The Morgan fingerprint density at radius 3 is 2.83 bits per heavy atom. The average molecular weight is 425 g/mol. The fraction of sp³-hybridized carbons (Fsp3) is 0.227. The zero-order chi connectivity index (χ0) is 21.1. The molecule has 0 amide bonds. The molecule has 1 saturated heterocycles. The van der Waals surface area contributed by atoms with Gasteiger partial charge in [0.15, 0.2) is 5.11 Å². The summed E-state index contributed by atoms with van der Waals surface area (Å²) in [6.45, 7) is 2.06. The molecule has 8 heteroatoms. The van der Waals surface area contributed by atoms with E-state index in [9.17, 15) is 9.18 Å². The number of thiocarbonyl (C=S) groups is 1. The lowest BCUT2D eigenvalue weighted by atomic mass is 10.0. The summed E-state index contributed by atoms with van der Waals surface area (Å²) >= 11 is 5.56. The van der Waals surface area contributed by atoms with Crippen LogP contribution in [0.3, 0.4) is 0 Å². The second-order valence-electron chi connectivity index (χ2n) is 6.84. The third-order valence-corrected chi connectivity index (χ3v) is 5.32. The first-order valence-corrected chi connectivity index (χ1v) is 10.1. The highest BCUT2D eigenvalue weighted by molar-refractivity contribution is 7.80. The van der Waals surface area contributed by atoms with Gasteiger partial charge in [-0.2, -0.15) is 0 Å². The number of aromatic nitrogens is 2. The molecular weight excluding hydrogens is 403 g/mol. The highest BCUT2D eigenvalue weighted by Gasteiger charge is 2.42. The van der Waals surface area contributed by atoms with Crippen LogP contribution in [0.2, 0.25) is 0 Å². The van der Waals surface area contributed by atoms with E-state index in [2.05, 4.69) is 10.3 Å². The molecule has 0 spiro atoms. The molecule has 1 N–H and O–H groups in total. The summed E-state index contributed by atoms with van der Waals surface area (Å²) in [6, 6.07) is 15.2. The van der Waals surface area contributed by atoms with Crippen LogP contribution in [0.4, 0.5) is 4.39 Å². The van der Waals surface area contributed by atoms with Gasteiger partial charge in [-0.15, -0.1) is 0 Å². The Morgan fingerprint density at radius 2 is 2.10 bits per heavy atom. The average Bonchev–Trinajstić information content (AvgIpc) is 3.34. The SMILES string of the molecule is CCOC(=O)CN1C(=S)N[C@H](c2ccccn2)[C@H]1c1cccn1-c1cccc(F)c1. The Kier molecular flexibility index (Phi) is 5.76. The third-order valence-electron chi connectivity index (χ3n) is 4.97. The lowest BCUT2D eigenvalue weighted by molar-refractivity contribution is -0.143. The number of carbonyl (C=O) groups excluding carboxylic acids is 1. The lowest BCUT2D eigenvalue weighted by Gasteiger charge is -2.28. The molecule has 0 bridgehead atoms. The molecule has 2 aromatic heterocycles. The number of ether oxygens (including phenoxy) is 1. The first-order valence-electron chi connectivity index (χ1n) is 9.65. The van der Waals surface area contributed by atoms with E-state index in [1.54, 1.807) is 24.1 Å². The van der Waals surface area contributed by atoms with Crippen LogP contribution in [0.5, 0.6) is 0 Å². The molecule has 3 aromatic rings. The van der Waals surface area contributed by atoms with E-state index in [1.165, 1.54) is 12.1 Å². The zero-order valence-corrected chi connectivity index (χ0v) is 17.2. The van der Waals surface area contributed by atoms with Gasteiger partial charge < -0.3 is 19.5 Å². The Bertz CT molecular complexity index is 1060. The summed E-state index contributed by atoms with van der Waals surface area (Å²) in [5.41, 5.74) is 2.33. The standard InChI is InChI=1S/C22H21FN4O2S/c1-2-29-19(28)14-27-21(20(25-22(27)30)17-9-3-4-11-24-17)18-10-6-12-26(18)16-8-5-7-15(23)13-16/h3-13,20-21H,2,14H2,1H3,(H,25,30)/t20-,21-/m1/s1. The number of carbonyl (C=O) groups is 1. The van der Waals surface area contributed by atoms with Crippen LogP contribution in [0, 0.1) is 5.82 Å². The molecule has 0 radical (unpaired) electrons. The molecule has 1 fully saturated rings. The molecule has 2 atom stereocenters. The number of halogens is 1. The molecule has 3 heterocycles. The Labute approximate surface area is 179 Å². The monoisotopic (exact) mass is 424 g/mol. The maximum Gasteiger partial charge on any atom is 0.325 e. The molecule has 4 rings (SSSR count). The van der Waals surface area contributed by atoms with E-state index >= 15 is 0 Å². The van der Waals surface area contributed by atoms with Gasteiger partial charge in [0, 0.05) is 23.8 Å². The molecular formula is C22H21FN4O2S. The van der Waals surface area contributed by atoms with Crippen molar-refractivity contribution >= 4 is 23.3 Å². The van der Waals surface area contributed by atoms with Gasteiger partial charge in [0.25, 0.3) is 0 Å². The normalized spacial score (nSPS) is 18.3. The number of nitrogens with one attached hydrogen (secondary N) is 1. The second-order valence-corrected chi connectivity index (χ2v) is 7.23. The summed E-state index contributed by atoms with van der Waals surface area (Å²) in [5.74, 6) is -0.686. The van der Waals surface area contributed by atoms with Crippen molar-refractivity contribution in [3.63, 3.8) is 0 Å². The van der Waals surface area contributed by atoms with Crippen LogP contribution in [-0.2, 0) is 9.53 Å². The Morgan fingerprint density at radius 1 is 1.23 bits per heavy atom. The van der Waals surface area contributed by atoms with Gasteiger partial charge in [0.2, 0.25) is 0 Å². The Balaban J connectivity index is 1.79. The van der Waals surface area contributed by atoms with Crippen LogP contribution < -0.4 is 5.32 Å². The summed E-state index contributed by atoms with van der Waals surface area (Å²) in [4.78, 5) is 18.6. The van der Waals surface area contributed by atoms with Crippen molar-refractivity contribution in [3.8, 4) is 5.69 Å². The third kappa shape index (κ3) is 3.91. The first kappa shape index (κ1) is 20.0. The van der Waals surface area contributed by atoms with Crippen molar-refractivity contribution in [1.29, 1.82) is 0 Å². The van der Waals surface area contributed by atoms with Crippen LogP contribution in [0.15, 0.2) is 67.0 Å². The quantitative estimate of drug-likeness (QED) is 0.483. The first-order chi connectivity index (χ1) is 14.6. The summed E-state index contributed by atoms with van der Waals surface area (Å²) in [7, 11) is 0. The van der Waals surface area contributed by atoms with Crippen molar-refractivity contribution in [1.82, 2.24) is 19.8 Å². The highest BCUT2D eigenvalue weighted by atomic mass is 32.1. The van der Waals surface area contributed by atoms with Crippen molar-refractivity contribution in [2.45, 2.75) is 19.0 Å². The van der Waals surface area contributed by atoms with E-state index in [0.717, 1.165) is 11.4 Å². The second kappa shape index (κ2) is 8.62. The number of pyridine rings is 1. The molecule has 0 unspecified atom stereocenters. The molecule has 0 aliphatic carbocycles. The summed E-state index contributed by atoms with van der Waals surface area (Å²) < 4.78 is 20.9. The Hall–Kier alpha value is -3.26. The number of hydrogen-bond donors (Lipinski definition) is 1. The molecule has 1 aliphatic rings. The van der Waals surface area contributed by atoms with Crippen molar-refractivity contribution in [2.75, 3.05) is 13.2 Å². The minimum Gasteiger partial charge on any atom is -0.465 e. The van der Waals surface area contributed by atoms with Gasteiger partial charge in [-0.25, -0.2) is 4.39 Å². The lowest BCUT2D eigenvalue weighted by Crippen LogP contribution is -2.36. The summed E-state index contributed by atoms with van der Waals surface area (Å²) in [6.07, 6.45) is 3.58. The molecule has 1 aliphatic heterocycles. The van der Waals surface area contributed by atoms with E-state index in [0.29, 0.717) is 17.4 Å². The van der Waals surface area contributed by atoms with E-state index < -0.39 is 0 Å². The van der Waals surface area contributed by atoms with Gasteiger partial charge in [-0.05, 0) is 61.6 Å². The van der Waals surface area contributed by atoms with Gasteiger partial charge in [-0.3, -0.25) is 9.78 Å². The van der Waals surface area contributed by atoms with Crippen LogP contribution in [0.25, 0.3) is 5.69 Å². The zero-order valence-electron chi connectivity index (χ0n) is 16.4. The van der Waals surface area contributed by atoms with E-state index in [1.807, 2.05) is 47.2 Å². The highest BCUT2D eigenvalue weighted by Crippen LogP contribution is 2.39. The predicted molar refractivity (Wildman–Crippen MR) is 115 cm³/mol. The maximum atomic E-state index is 13.9. The van der Waals surface area contributed by atoms with Gasteiger partial charge in [0.05, 0.1) is 24.4 Å². The van der Waals surface area contributed by atoms with E-state index in [-0.39, 0.29) is 30.4 Å². The minimum absolute atomic E-state index is 0.00199. The molecule has 30 heavy (non-hydrogen) atoms. The van der Waals surface area contributed by atoms with Gasteiger partial charge in [-0.1, -0.05) is 12.1 Å². The smallest absolute Gasteiger partial charge is 0.325 e. The van der Waals surface area contributed by atoms with Crippen LogP contribution >= 0.6 is 12.2 Å².